The number of Topliss-reactive ketones (excluding diaryl/α,β-unsaturated/α-hetero) is 1. The molecule has 1 aromatic carbocycles. The lowest BCUT2D eigenvalue weighted by Gasteiger charge is -2.12. The quantitative estimate of drug-likeness (QED) is 0.689. The standard InChI is InChI=1S/C14H20N2O3/c1-3-5-13(18)9-15-14(19)16-12-7-4-6-11(8-12)10(2)17/h4,6-8,13,18H,3,5,9H2,1-2H3,(H2,15,16,19). The molecule has 0 aromatic heterocycles. The molecule has 0 spiro atoms. The number of nitrogens with one attached hydrogen (secondary N) is 2. The third kappa shape index (κ3) is 5.52. The molecule has 0 aliphatic heterocycles. The van der Waals surface area contributed by atoms with Crippen molar-refractivity contribution in [2.24, 2.45) is 0 Å². The van der Waals surface area contributed by atoms with Gasteiger partial charge in [0.05, 0.1) is 6.10 Å². The van der Waals surface area contributed by atoms with Crippen molar-refractivity contribution in [2.75, 3.05) is 11.9 Å². The average molecular weight is 264 g/mol. The monoisotopic (exact) mass is 264 g/mol. The van der Waals surface area contributed by atoms with E-state index in [1.807, 2.05) is 6.92 Å². The molecular formula is C14H20N2O3. The first-order valence-electron chi connectivity index (χ1n) is 6.36. The molecule has 0 radical (unpaired) electrons. The minimum absolute atomic E-state index is 0.0533. The van der Waals surface area contributed by atoms with Gasteiger partial charge in [-0.15, -0.1) is 0 Å². The lowest BCUT2D eigenvalue weighted by atomic mass is 10.1. The number of hydrogen-bond donors (Lipinski definition) is 3. The molecule has 2 amide bonds. The highest BCUT2D eigenvalue weighted by molar-refractivity contribution is 5.96. The topological polar surface area (TPSA) is 78.4 Å². The average Bonchev–Trinajstić information content (AvgIpc) is 2.37. The molecule has 1 rings (SSSR count). The number of aliphatic hydroxyl groups excluding tert-OH is 1. The highest BCUT2D eigenvalue weighted by Crippen LogP contribution is 2.10. The van der Waals surface area contributed by atoms with Gasteiger partial charge in [-0.25, -0.2) is 4.79 Å². The molecule has 0 saturated carbocycles. The van der Waals surface area contributed by atoms with Crippen molar-refractivity contribution in [3.63, 3.8) is 0 Å². The first-order chi connectivity index (χ1) is 9.02. The Morgan fingerprint density at radius 3 is 2.74 bits per heavy atom. The lowest BCUT2D eigenvalue weighted by Crippen LogP contribution is -2.35. The van der Waals surface area contributed by atoms with Crippen molar-refractivity contribution in [1.82, 2.24) is 5.32 Å². The molecule has 0 aliphatic carbocycles. The van der Waals surface area contributed by atoms with Crippen LogP contribution in [0.3, 0.4) is 0 Å². The van der Waals surface area contributed by atoms with E-state index in [4.69, 9.17) is 0 Å². The van der Waals surface area contributed by atoms with Crippen molar-refractivity contribution in [3.05, 3.63) is 29.8 Å². The zero-order valence-corrected chi connectivity index (χ0v) is 11.3. The Morgan fingerprint density at radius 1 is 1.37 bits per heavy atom. The molecule has 0 fully saturated rings. The summed E-state index contributed by atoms with van der Waals surface area (Å²) in [5, 5.41) is 14.7. The Morgan fingerprint density at radius 2 is 2.11 bits per heavy atom. The molecule has 5 nitrogen and oxygen atoms in total. The molecule has 0 aliphatic rings. The SMILES string of the molecule is CCCC(O)CNC(=O)Nc1cccc(C(C)=O)c1. The van der Waals surface area contributed by atoms with Gasteiger partial charge in [-0.05, 0) is 25.5 Å². The Kier molecular flexibility index (Phi) is 6.02. The van der Waals surface area contributed by atoms with Gasteiger partial charge in [0.1, 0.15) is 0 Å². The van der Waals surface area contributed by atoms with E-state index in [0.29, 0.717) is 17.7 Å². The van der Waals surface area contributed by atoms with E-state index < -0.39 is 12.1 Å². The summed E-state index contributed by atoms with van der Waals surface area (Å²) >= 11 is 0. The van der Waals surface area contributed by atoms with E-state index in [2.05, 4.69) is 10.6 Å². The third-order valence-electron chi connectivity index (χ3n) is 2.65. The van der Waals surface area contributed by atoms with E-state index in [1.54, 1.807) is 24.3 Å². The maximum absolute atomic E-state index is 11.6. The number of rotatable bonds is 6. The summed E-state index contributed by atoms with van der Waals surface area (Å²) < 4.78 is 0. The zero-order chi connectivity index (χ0) is 14.3. The summed E-state index contributed by atoms with van der Waals surface area (Å²) in [4.78, 5) is 22.8. The van der Waals surface area contributed by atoms with Crippen molar-refractivity contribution < 1.29 is 14.7 Å². The fourth-order valence-corrected chi connectivity index (χ4v) is 1.64. The molecule has 3 N–H and O–H groups in total. The largest absolute Gasteiger partial charge is 0.391 e. The lowest BCUT2D eigenvalue weighted by molar-refractivity contribution is 0.101. The molecule has 1 aromatic rings. The summed E-state index contributed by atoms with van der Waals surface area (Å²) in [6.07, 6.45) is 0.991. The third-order valence-corrected chi connectivity index (χ3v) is 2.65. The van der Waals surface area contributed by atoms with Crippen LogP contribution in [0.5, 0.6) is 0 Å². The van der Waals surface area contributed by atoms with Gasteiger partial charge in [-0.2, -0.15) is 0 Å². The van der Waals surface area contributed by atoms with E-state index in [1.165, 1.54) is 6.92 Å². The first kappa shape index (κ1) is 15.2. The Balaban J connectivity index is 2.48. The molecule has 5 heteroatoms. The van der Waals surface area contributed by atoms with Crippen molar-refractivity contribution in [2.45, 2.75) is 32.8 Å². The van der Waals surface area contributed by atoms with Gasteiger partial charge >= 0.3 is 6.03 Å². The number of urea groups is 1. The van der Waals surface area contributed by atoms with Crippen LogP contribution in [0.2, 0.25) is 0 Å². The molecule has 19 heavy (non-hydrogen) atoms. The molecule has 1 unspecified atom stereocenters. The first-order valence-corrected chi connectivity index (χ1v) is 6.36. The Bertz CT molecular complexity index is 446. The van der Waals surface area contributed by atoms with Gasteiger partial charge in [0.2, 0.25) is 0 Å². The number of aliphatic hydroxyl groups is 1. The molecule has 0 bridgehead atoms. The summed E-state index contributed by atoms with van der Waals surface area (Å²) in [7, 11) is 0. The summed E-state index contributed by atoms with van der Waals surface area (Å²) in [5.74, 6) is -0.0533. The van der Waals surface area contributed by atoms with Crippen LogP contribution in [-0.4, -0.2) is 29.6 Å². The highest BCUT2D eigenvalue weighted by atomic mass is 16.3. The molecule has 104 valence electrons. The van der Waals surface area contributed by atoms with Crippen molar-refractivity contribution in [1.29, 1.82) is 0 Å². The number of anilines is 1. The second kappa shape index (κ2) is 7.53. The zero-order valence-electron chi connectivity index (χ0n) is 11.3. The summed E-state index contributed by atoms with van der Waals surface area (Å²) in [5.41, 5.74) is 1.10. The Labute approximate surface area is 113 Å². The number of hydrogen-bond acceptors (Lipinski definition) is 3. The maximum atomic E-state index is 11.6. The predicted octanol–water partition coefficient (Wildman–Crippen LogP) is 2.17. The normalized spacial score (nSPS) is 11.7. The molecule has 0 saturated heterocycles. The van der Waals surface area contributed by atoms with Crippen LogP contribution < -0.4 is 10.6 Å². The highest BCUT2D eigenvalue weighted by Gasteiger charge is 2.07. The van der Waals surface area contributed by atoms with Gasteiger partial charge in [0.15, 0.2) is 5.78 Å². The van der Waals surface area contributed by atoms with E-state index >= 15 is 0 Å². The summed E-state index contributed by atoms with van der Waals surface area (Å²) in [6.45, 7) is 3.66. The Hall–Kier alpha value is -1.88. The number of ketones is 1. The van der Waals surface area contributed by atoms with Gasteiger partial charge in [-0.3, -0.25) is 4.79 Å². The van der Waals surface area contributed by atoms with E-state index in [0.717, 1.165) is 6.42 Å². The van der Waals surface area contributed by atoms with Crippen LogP contribution in [0.1, 0.15) is 37.0 Å². The van der Waals surface area contributed by atoms with Crippen LogP contribution in [-0.2, 0) is 0 Å². The van der Waals surface area contributed by atoms with Crippen LogP contribution in [0.25, 0.3) is 0 Å². The minimum atomic E-state index is -0.528. The van der Waals surface area contributed by atoms with Crippen LogP contribution >= 0.6 is 0 Å². The fraction of sp³-hybridized carbons (Fsp3) is 0.429. The van der Waals surface area contributed by atoms with Crippen LogP contribution in [0.15, 0.2) is 24.3 Å². The van der Waals surface area contributed by atoms with Gasteiger partial charge in [-0.1, -0.05) is 25.5 Å². The van der Waals surface area contributed by atoms with Crippen molar-refractivity contribution >= 4 is 17.5 Å². The van der Waals surface area contributed by atoms with Gasteiger partial charge < -0.3 is 15.7 Å². The van der Waals surface area contributed by atoms with Crippen molar-refractivity contribution in [3.8, 4) is 0 Å². The predicted molar refractivity (Wildman–Crippen MR) is 74.4 cm³/mol. The van der Waals surface area contributed by atoms with Crippen LogP contribution in [0, 0.1) is 0 Å². The molecule has 0 heterocycles. The van der Waals surface area contributed by atoms with Gasteiger partial charge in [0.25, 0.3) is 0 Å². The van der Waals surface area contributed by atoms with E-state index in [-0.39, 0.29) is 12.3 Å². The maximum Gasteiger partial charge on any atom is 0.319 e. The minimum Gasteiger partial charge on any atom is -0.391 e. The fourth-order valence-electron chi connectivity index (χ4n) is 1.64. The van der Waals surface area contributed by atoms with Gasteiger partial charge in [0, 0.05) is 17.8 Å². The number of carbonyl (C=O) groups is 2. The van der Waals surface area contributed by atoms with E-state index in [9.17, 15) is 14.7 Å². The van der Waals surface area contributed by atoms with Crippen LogP contribution in [0.4, 0.5) is 10.5 Å². The second-order valence-corrected chi connectivity index (χ2v) is 4.41. The second-order valence-electron chi connectivity index (χ2n) is 4.41. The molecular weight excluding hydrogens is 244 g/mol. The molecule has 1 atom stereocenters. The number of carbonyl (C=O) groups excluding carboxylic acids is 2. The number of benzene rings is 1. The smallest absolute Gasteiger partial charge is 0.319 e. The number of amides is 2. The summed E-state index contributed by atoms with van der Waals surface area (Å²) in [6, 6.07) is 6.32.